The number of carbonyl (C=O) groups is 1. The van der Waals surface area contributed by atoms with Gasteiger partial charge in [0.25, 0.3) is 0 Å². The van der Waals surface area contributed by atoms with Crippen molar-refractivity contribution in [3.63, 3.8) is 0 Å². The van der Waals surface area contributed by atoms with Crippen LogP contribution in [0.1, 0.15) is 22.8 Å². The number of esters is 1. The number of aryl methyl sites for hydroxylation is 1. The molecule has 2 rings (SSSR count). The standard InChI is InChI=1S/C16H17NO2S/c1-3-19-16(18)12-4-6-13(7-5-12)20-14-8-9-15(17)11(2)10-14/h4-10H,3,17H2,1-2H3. The lowest BCUT2D eigenvalue weighted by atomic mass is 10.2. The molecule has 2 N–H and O–H groups in total. The van der Waals surface area contributed by atoms with E-state index in [0.29, 0.717) is 12.2 Å². The lowest BCUT2D eigenvalue weighted by Crippen LogP contribution is -2.03. The van der Waals surface area contributed by atoms with Crippen molar-refractivity contribution in [3.8, 4) is 0 Å². The highest BCUT2D eigenvalue weighted by atomic mass is 32.2. The normalized spacial score (nSPS) is 10.3. The van der Waals surface area contributed by atoms with E-state index in [4.69, 9.17) is 10.5 Å². The van der Waals surface area contributed by atoms with Crippen LogP contribution in [0.5, 0.6) is 0 Å². The Morgan fingerprint density at radius 3 is 2.40 bits per heavy atom. The third-order valence-corrected chi connectivity index (χ3v) is 3.84. The highest BCUT2D eigenvalue weighted by Crippen LogP contribution is 2.29. The van der Waals surface area contributed by atoms with Gasteiger partial charge in [0, 0.05) is 15.5 Å². The molecule has 0 radical (unpaired) electrons. The van der Waals surface area contributed by atoms with E-state index in [9.17, 15) is 4.79 Å². The molecule has 0 aromatic heterocycles. The van der Waals surface area contributed by atoms with Crippen molar-refractivity contribution in [2.24, 2.45) is 0 Å². The number of nitrogen functional groups attached to an aromatic ring is 1. The van der Waals surface area contributed by atoms with Crippen LogP contribution in [-0.4, -0.2) is 12.6 Å². The Balaban J connectivity index is 2.10. The summed E-state index contributed by atoms with van der Waals surface area (Å²) < 4.78 is 4.96. The van der Waals surface area contributed by atoms with Crippen LogP contribution < -0.4 is 5.73 Å². The first-order valence-electron chi connectivity index (χ1n) is 6.41. The lowest BCUT2D eigenvalue weighted by molar-refractivity contribution is 0.0526. The molecule has 0 saturated heterocycles. The molecule has 0 aliphatic heterocycles. The first kappa shape index (κ1) is 14.5. The molecule has 0 unspecified atom stereocenters. The van der Waals surface area contributed by atoms with Crippen molar-refractivity contribution in [2.45, 2.75) is 23.6 Å². The van der Waals surface area contributed by atoms with Gasteiger partial charge >= 0.3 is 5.97 Å². The Labute approximate surface area is 123 Å². The molecule has 0 fully saturated rings. The number of hydrogen-bond acceptors (Lipinski definition) is 4. The average molecular weight is 287 g/mol. The number of anilines is 1. The summed E-state index contributed by atoms with van der Waals surface area (Å²) in [5, 5.41) is 0. The summed E-state index contributed by atoms with van der Waals surface area (Å²) in [5.41, 5.74) is 8.24. The average Bonchev–Trinajstić information content (AvgIpc) is 2.44. The number of carbonyl (C=O) groups excluding carboxylic acids is 1. The molecular weight excluding hydrogens is 270 g/mol. The number of hydrogen-bond donors (Lipinski definition) is 1. The van der Waals surface area contributed by atoms with Crippen molar-refractivity contribution in [1.82, 2.24) is 0 Å². The second-order valence-corrected chi connectivity index (χ2v) is 5.51. The van der Waals surface area contributed by atoms with Gasteiger partial charge in [-0.05, 0) is 61.9 Å². The Morgan fingerprint density at radius 1 is 1.15 bits per heavy atom. The Hall–Kier alpha value is -1.94. The minimum absolute atomic E-state index is 0.285. The van der Waals surface area contributed by atoms with Crippen LogP contribution in [0.2, 0.25) is 0 Å². The van der Waals surface area contributed by atoms with E-state index in [1.54, 1.807) is 30.8 Å². The maximum absolute atomic E-state index is 11.6. The van der Waals surface area contributed by atoms with Crippen LogP contribution in [0.25, 0.3) is 0 Å². The van der Waals surface area contributed by atoms with Gasteiger partial charge in [-0.3, -0.25) is 0 Å². The Morgan fingerprint density at radius 2 is 1.80 bits per heavy atom. The van der Waals surface area contributed by atoms with Gasteiger partial charge < -0.3 is 10.5 Å². The van der Waals surface area contributed by atoms with Crippen LogP contribution in [0, 0.1) is 6.92 Å². The molecule has 0 spiro atoms. The topological polar surface area (TPSA) is 52.3 Å². The largest absolute Gasteiger partial charge is 0.462 e. The molecule has 2 aromatic rings. The third-order valence-electron chi connectivity index (χ3n) is 2.84. The molecule has 20 heavy (non-hydrogen) atoms. The van der Waals surface area contributed by atoms with Crippen molar-refractivity contribution in [2.75, 3.05) is 12.3 Å². The van der Waals surface area contributed by atoms with Crippen LogP contribution >= 0.6 is 11.8 Å². The fourth-order valence-corrected chi connectivity index (χ4v) is 2.64. The predicted octanol–water partition coefficient (Wildman–Crippen LogP) is 3.91. The molecule has 4 heteroatoms. The zero-order valence-electron chi connectivity index (χ0n) is 11.6. The second-order valence-electron chi connectivity index (χ2n) is 4.37. The van der Waals surface area contributed by atoms with Gasteiger partial charge in [0.15, 0.2) is 0 Å². The quantitative estimate of drug-likeness (QED) is 0.684. The van der Waals surface area contributed by atoms with Crippen LogP contribution in [0.15, 0.2) is 52.3 Å². The van der Waals surface area contributed by atoms with Crippen LogP contribution in [-0.2, 0) is 4.74 Å². The summed E-state index contributed by atoms with van der Waals surface area (Å²) in [4.78, 5) is 13.8. The SMILES string of the molecule is CCOC(=O)c1ccc(Sc2ccc(N)c(C)c2)cc1. The van der Waals surface area contributed by atoms with E-state index < -0.39 is 0 Å². The second kappa shape index (κ2) is 6.48. The summed E-state index contributed by atoms with van der Waals surface area (Å²) in [5.74, 6) is -0.285. The number of nitrogens with two attached hydrogens (primary N) is 1. The van der Waals surface area contributed by atoms with E-state index in [1.165, 1.54) is 0 Å². The molecule has 0 atom stereocenters. The number of benzene rings is 2. The molecule has 0 bridgehead atoms. The van der Waals surface area contributed by atoms with E-state index in [2.05, 4.69) is 6.07 Å². The summed E-state index contributed by atoms with van der Waals surface area (Å²) in [6.45, 7) is 4.18. The highest BCUT2D eigenvalue weighted by molar-refractivity contribution is 7.99. The molecule has 0 aliphatic rings. The van der Waals surface area contributed by atoms with E-state index in [1.807, 2.05) is 31.2 Å². The number of ether oxygens (including phenoxy) is 1. The summed E-state index contributed by atoms with van der Waals surface area (Å²) >= 11 is 1.64. The fraction of sp³-hybridized carbons (Fsp3) is 0.188. The van der Waals surface area contributed by atoms with Gasteiger partial charge in [-0.25, -0.2) is 4.79 Å². The van der Waals surface area contributed by atoms with Gasteiger partial charge in [-0.15, -0.1) is 0 Å². The Bertz CT molecular complexity index is 608. The summed E-state index contributed by atoms with van der Waals surface area (Å²) in [6.07, 6.45) is 0. The van der Waals surface area contributed by atoms with Gasteiger partial charge in [-0.2, -0.15) is 0 Å². The molecular formula is C16H17NO2S. The van der Waals surface area contributed by atoms with E-state index >= 15 is 0 Å². The molecule has 0 amide bonds. The first-order chi connectivity index (χ1) is 9.60. The van der Waals surface area contributed by atoms with Crippen molar-refractivity contribution >= 4 is 23.4 Å². The van der Waals surface area contributed by atoms with Crippen molar-refractivity contribution < 1.29 is 9.53 Å². The molecule has 0 aliphatic carbocycles. The zero-order valence-corrected chi connectivity index (χ0v) is 12.4. The lowest BCUT2D eigenvalue weighted by Gasteiger charge is -2.06. The van der Waals surface area contributed by atoms with Gasteiger partial charge in [-0.1, -0.05) is 11.8 Å². The minimum Gasteiger partial charge on any atom is -0.462 e. The van der Waals surface area contributed by atoms with Crippen LogP contribution in [0.3, 0.4) is 0 Å². The molecule has 104 valence electrons. The molecule has 3 nitrogen and oxygen atoms in total. The maximum Gasteiger partial charge on any atom is 0.338 e. The zero-order chi connectivity index (χ0) is 14.5. The third kappa shape index (κ3) is 3.54. The minimum atomic E-state index is -0.285. The fourth-order valence-electron chi connectivity index (χ4n) is 1.72. The molecule has 2 aromatic carbocycles. The van der Waals surface area contributed by atoms with E-state index in [-0.39, 0.29) is 5.97 Å². The maximum atomic E-state index is 11.6. The number of rotatable bonds is 4. The van der Waals surface area contributed by atoms with Gasteiger partial charge in [0.2, 0.25) is 0 Å². The van der Waals surface area contributed by atoms with Crippen molar-refractivity contribution in [1.29, 1.82) is 0 Å². The van der Waals surface area contributed by atoms with Gasteiger partial charge in [0.05, 0.1) is 12.2 Å². The van der Waals surface area contributed by atoms with E-state index in [0.717, 1.165) is 21.0 Å². The van der Waals surface area contributed by atoms with Crippen LogP contribution in [0.4, 0.5) is 5.69 Å². The van der Waals surface area contributed by atoms with Gasteiger partial charge in [0.1, 0.15) is 0 Å². The first-order valence-corrected chi connectivity index (χ1v) is 7.23. The monoisotopic (exact) mass is 287 g/mol. The van der Waals surface area contributed by atoms with Crippen molar-refractivity contribution in [3.05, 3.63) is 53.6 Å². The predicted molar refractivity (Wildman–Crippen MR) is 82.1 cm³/mol. The Kier molecular flexibility index (Phi) is 4.69. The molecule has 0 heterocycles. The highest BCUT2D eigenvalue weighted by Gasteiger charge is 2.06. The molecule has 0 saturated carbocycles. The summed E-state index contributed by atoms with van der Waals surface area (Å²) in [6, 6.07) is 13.4. The summed E-state index contributed by atoms with van der Waals surface area (Å²) in [7, 11) is 0. The smallest absolute Gasteiger partial charge is 0.338 e.